The summed E-state index contributed by atoms with van der Waals surface area (Å²) < 4.78 is 0. The second-order valence-electron chi connectivity index (χ2n) is 4.51. The minimum Gasteiger partial charge on any atom is -0.480 e. The van der Waals surface area contributed by atoms with Crippen molar-refractivity contribution in [3.05, 3.63) is 36.4 Å². The standard InChI is InChI=1S/C6H14N2O2.C6H6.C3H7NO2/c7-4-2-1-3-5(8)6(9)10;1-2-4-6-5-3-1;1-2(4)3(5)6/h5H,1-4,7-8H2,(H,9,10);1-6H;2H,4H2,1H3,(H,5,6). The van der Waals surface area contributed by atoms with E-state index in [9.17, 15) is 9.59 Å². The van der Waals surface area contributed by atoms with Crippen molar-refractivity contribution >= 4 is 11.9 Å². The Balaban J connectivity index is 0. The average Bonchev–Trinajstić information content (AvgIpc) is 2.50. The van der Waals surface area contributed by atoms with E-state index in [1.807, 2.05) is 36.4 Å². The van der Waals surface area contributed by atoms with Crippen molar-refractivity contribution in [2.45, 2.75) is 38.3 Å². The van der Waals surface area contributed by atoms with Crippen molar-refractivity contribution in [3.8, 4) is 0 Å². The molecule has 0 bridgehead atoms. The van der Waals surface area contributed by atoms with Crippen LogP contribution in [-0.4, -0.2) is 40.8 Å². The lowest BCUT2D eigenvalue weighted by molar-refractivity contribution is -0.139. The van der Waals surface area contributed by atoms with Gasteiger partial charge in [0.15, 0.2) is 0 Å². The Bertz CT molecular complexity index is 359. The normalized spacial score (nSPS) is 11.8. The van der Waals surface area contributed by atoms with Gasteiger partial charge in [-0.1, -0.05) is 42.8 Å². The molecule has 1 aromatic carbocycles. The predicted molar refractivity (Wildman–Crippen MR) is 86.2 cm³/mol. The van der Waals surface area contributed by atoms with Crippen LogP contribution in [0.4, 0.5) is 0 Å². The Labute approximate surface area is 131 Å². The first-order valence-electron chi connectivity index (χ1n) is 6.99. The lowest BCUT2D eigenvalue weighted by atomic mass is 10.1. The summed E-state index contributed by atoms with van der Waals surface area (Å²) in [5, 5.41) is 16.2. The van der Waals surface area contributed by atoms with Gasteiger partial charge in [-0.15, -0.1) is 0 Å². The van der Waals surface area contributed by atoms with Crippen LogP contribution in [0.2, 0.25) is 0 Å². The molecule has 7 nitrogen and oxygen atoms in total. The topological polar surface area (TPSA) is 153 Å². The molecule has 0 amide bonds. The predicted octanol–water partition coefficient (Wildman–Crippen LogP) is 0.632. The third-order valence-corrected chi connectivity index (χ3v) is 2.34. The Hall–Kier alpha value is -1.96. The van der Waals surface area contributed by atoms with Crippen molar-refractivity contribution in [1.82, 2.24) is 0 Å². The minimum absolute atomic E-state index is 0.520. The quantitative estimate of drug-likeness (QED) is 0.483. The molecule has 1 aromatic rings. The molecule has 126 valence electrons. The van der Waals surface area contributed by atoms with Crippen LogP contribution in [0.3, 0.4) is 0 Å². The number of aliphatic carboxylic acids is 2. The van der Waals surface area contributed by atoms with Gasteiger partial charge < -0.3 is 27.4 Å². The van der Waals surface area contributed by atoms with Gasteiger partial charge in [0, 0.05) is 0 Å². The Kier molecular flexibility index (Phi) is 15.7. The van der Waals surface area contributed by atoms with Crippen molar-refractivity contribution in [3.63, 3.8) is 0 Å². The molecule has 7 heteroatoms. The van der Waals surface area contributed by atoms with E-state index in [1.165, 1.54) is 6.92 Å². The molecule has 0 aromatic heterocycles. The Morgan fingerprint density at radius 1 is 0.909 bits per heavy atom. The van der Waals surface area contributed by atoms with Crippen LogP contribution in [0.5, 0.6) is 0 Å². The highest BCUT2D eigenvalue weighted by atomic mass is 16.4. The summed E-state index contributed by atoms with van der Waals surface area (Å²) in [6.07, 6.45) is 2.16. The molecule has 0 saturated heterocycles. The number of carbonyl (C=O) groups is 2. The summed E-state index contributed by atoms with van der Waals surface area (Å²) in [7, 11) is 0. The number of carboxylic acids is 2. The largest absolute Gasteiger partial charge is 0.480 e. The molecule has 0 heterocycles. The van der Waals surface area contributed by atoms with E-state index >= 15 is 0 Å². The van der Waals surface area contributed by atoms with Crippen molar-refractivity contribution in [1.29, 1.82) is 0 Å². The van der Waals surface area contributed by atoms with Gasteiger partial charge in [-0.25, -0.2) is 0 Å². The fourth-order valence-electron chi connectivity index (χ4n) is 1.02. The first-order valence-corrected chi connectivity index (χ1v) is 6.99. The molecule has 0 aliphatic carbocycles. The Morgan fingerprint density at radius 3 is 1.50 bits per heavy atom. The van der Waals surface area contributed by atoms with Crippen molar-refractivity contribution < 1.29 is 19.8 Å². The number of nitrogens with two attached hydrogens (primary N) is 3. The smallest absolute Gasteiger partial charge is 0.320 e. The van der Waals surface area contributed by atoms with Gasteiger partial charge in [0.2, 0.25) is 0 Å². The summed E-state index contributed by atoms with van der Waals surface area (Å²) in [5.74, 6) is -1.90. The molecular weight excluding hydrogens is 286 g/mol. The maximum absolute atomic E-state index is 10.1. The molecule has 0 radical (unpaired) electrons. The molecule has 0 aliphatic heterocycles. The molecule has 0 spiro atoms. The van der Waals surface area contributed by atoms with E-state index in [-0.39, 0.29) is 0 Å². The van der Waals surface area contributed by atoms with E-state index in [0.717, 1.165) is 12.8 Å². The van der Waals surface area contributed by atoms with Gasteiger partial charge in [0.1, 0.15) is 12.1 Å². The maximum atomic E-state index is 10.1. The van der Waals surface area contributed by atoms with Crippen LogP contribution < -0.4 is 17.2 Å². The van der Waals surface area contributed by atoms with Gasteiger partial charge in [-0.05, 0) is 26.3 Å². The highest BCUT2D eigenvalue weighted by molar-refractivity contribution is 5.73. The molecule has 8 N–H and O–H groups in total. The van der Waals surface area contributed by atoms with Crippen molar-refractivity contribution in [2.24, 2.45) is 17.2 Å². The minimum atomic E-state index is -0.963. The highest BCUT2D eigenvalue weighted by Crippen LogP contribution is 1.96. The molecule has 22 heavy (non-hydrogen) atoms. The lowest BCUT2D eigenvalue weighted by Gasteiger charge is -2.03. The monoisotopic (exact) mass is 313 g/mol. The van der Waals surface area contributed by atoms with Gasteiger partial charge in [0.25, 0.3) is 0 Å². The first kappa shape index (κ1) is 22.3. The van der Waals surface area contributed by atoms with E-state index in [0.29, 0.717) is 13.0 Å². The Morgan fingerprint density at radius 2 is 1.27 bits per heavy atom. The third kappa shape index (κ3) is 18.0. The summed E-state index contributed by atoms with van der Waals surface area (Å²) in [6.45, 7) is 2.02. The summed E-state index contributed by atoms with van der Waals surface area (Å²) >= 11 is 0. The van der Waals surface area contributed by atoms with Crippen LogP contribution in [0, 0.1) is 0 Å². The van der Waals surface area contributed by atoms with E-state index in [4.69, 9.17) is 27.4 Å². The number of benzene rings is 1. The van der Waals surface area contributed by atoms with Crippen LogP contribution in [0.25, 0.3) is 0 Å². The number of hydrogen-bond acceptors (Lipinski definition) is 5. The maximum Gasteiger partial charge on any atom is 0.320 e. The van der Waals surface area contributed by atoms with Crippen LogP contribution in [-0.2, 0) is 9.59 Å². The van der Waals surface area contributed by atoms with Gasteiger partial charge in [0.05, 0.1) is 0 Å². The van der Waals surface area contributed by atoms with Crippen molar-refractivity contribution in [2.75, 3.05) is 6.54 Å². The molecule has 2 atom stereocenters. The third-order valence-electron chi connectivity index (χ3n) is 2.34. The molecular formula is C15H27N3O4. The van der Waals surface area contributed by atoms with Gasteiger partial charge >= 0.3 is 11.9 Å². The van der Waals surface area contributed by atoms with Crippen LogP contribution in [0.1, 0.15) is 26.2 Å². The molecule has 0 fully saturated rings. The van der Waals surface area contributed by atoms with Gasteiger partial charge in [-0.2, -0.15) is 0 Å². The van der Waals surface area contributed by atoms with E-state index in [2.05, 4.69) is 0 Å². The summed E-state index contributed by atoms with van der Waals surface area (Å²) in [5.41, 5.74) is 15.3. The van der Waals surface area contributed by atoms with Gasteiger partial charge in [-0.3, -0.25) is 9.59 Å². The molecule has 0 saturated carbocycles. The number of hydrogen-bond donors (Lipinski definition) is 5. The average molecular weight is 313 g/mol. The second-order valence-corrected chi connectivity index (χ2v) is 4.51. The number of unbranched alkanes of at least 4 members (excludes halogenated alkanes) is 1. The summed E-state index contributed by atoms with van der Waals surface area (Å²) in [4.78, 5) is 19.7. The van der Waals surface area contributed by atoms with E-state index in [1.54, 1.807) is 0 Å². The number of carboxylic acid groups (broad SMARTS) is 2. The highest BCUT2D eigenvalue weighted by Gasteiger charge is 2.09. The zero-order chi connectivity index (χ0) is 17.4. The molecule has 0 aliphatic rings. The van der Waals surface area contributed by atoms with E-state index < -0.39 is 24.0 Å². The SMILES string of the molecule is CC(N)C(=O)O.NCCCCC(N)C(=O)O.c1ccccc1. The fraction of sp³-hybridized carbons (Fsp3) is 0.467. The lowest BCUT2D eigenvalue weighted by Crippen LogP contribution is -2.29. The summed E-state index contributed by atoms with van der Waals surface area (Å²) in [6, 6.07) is 10.6. The molecule has 1 rings (SSSR count). The molecule has 2 unspecified atom stereocenters. The zero-order valence-electron chi connectivity index (χ0n) is 12.9. The van der Waals surface area contributed by atoms with Crippen LogP contribution >= 0.6 is 0 Å². The number of rotatable bonds is 6. The first-order chi connectivity index (χ1) is 10.3. The zero-order valence-corrected chi connectivity index (χ0v) is 12.9. The fourth-order valence-corrected chi connectivity index (χ4v) is 1.02. The van der Waals surface area contributed by atoms with Crippen LogP contribution in [0.15, 0.2) is 36.4 Å². The second kappa shape index (κ2) is 15.4.